The van der Waals surface area contributed by atoms with Crippen molar-refractivity contribution in [2.45, 2.75) is 39.2 Å². The van der Waals surface area contributed by atoms with Gasteiger partial charge in [0.05, 0.1) is 17.5 Å². The number of nitrogens with one attached hydrogen (secondary N) is 2. The molecule has 2 N–H and O–H groups in total. The van der Waals surface area contributed by atoms with Crippen LogP contribution < -0.4 is 16.4 Å². The predicted molar refractivity (Wildman–Crippen MR) is 118 cm³/mol. The van der Waals surface area contributed by atoms with Crippen LogP contribution in [0, 0.1) is 0 Å². The number of hydrogen-bond donors (Lipinski definition) is 2. The van der Waals surface area contributed by atoms with E-state index in [1.807, 2.05) is 16.0 Å². The van der Waals surface area contributed by atoms with Crippen LogP contribution in [0.25, 0.3) is 15.7 Å². The Morgan fingerprint density at radius 2 is 1.94 bits per heavy atom. The first-order valence-corrected chi connectivity index (χ1v) is 10.9. The molecule has 31 heavy (non-hydrogen) atoms. The second-order valence-corrected chi connectivity index (χ2v) is 8.01. The number of hydrogen-bond acceptors (Lipinski definition) is 6. The number of aromatic nitrogens is 4. The molecule has 4 aromatic rings. The van der Waals surface area contributed by atoms with Gasteiger partial charge in [0.2, 0.25) is 5.91 Å². The number of thiazole rings is 1. The lowest BCUT2D eigenvalue weighted by Gasteiger charge is -2.11. The molecule has 3 aromatic heterocycles. The molecular weight excluding hydrogens is 416 g/mol. The molecule has 2 amide bonds. The summed E-state index contributed by atoms with van der Waals surface area (Å²) >= 11 is 1.48. The van der Waals surface area contributed by atoms with Gasteiger partial charge in [0, 0.05) is 29.7 Å². The molecule has 0 aliphatic carbocycles. The van der Waals surface area contributed by atoms with Crippen molar-refractivity contribution < 1.29 is 9.59 Å². The number of aryl methyl sites for hydroxylation is 1. The van der Waals surface area contributed by atoms with Crippen molar-refractivity contribution in [2.75, 3.05) is 0 Å². The number of rotatable bonds is 7. The Hall–Kier alpha value is -3.53. The highest BCUT2D eigenvalue weighted by atomic mass is 32.1. The van der Waals surface area contributed by atoms with E-state index in [1.54, 1.807) is 30.5 Å². The Kier molecular flexibility index (Phi) is 6.08. The fraction of sp³-hybridized carbons (Fsp3) is 0.286. The number of benzene rings is 1. The molecule has 0 atom stereocenters. The van der Waals surface area contributed by atoms with E-state index in [1.165, 1.54) is 16.0 Å². The Labute approximate surface area is 181 Å². The molecule has 0 fully saturated rings. The van der Waals surface area contributed by atoms with Crippen LogP contribution in [0.3, 0.4) is 0 Å². The molecule has 0 spiro atoms. The maximum absolute atomic E-state index is 12.8. The minimum atomic E-state index is -0.584. The first-order valence-electron chi connectivity index (χ1n) is 10.1. The number of unbranched alkanes of at least 4 members (excludes halogenated alkanes) is 2. The summed E-state index contributed by atoms with van der Waals surface area (Å²) in [5.74, 6) is -0.987. The summed E-state index contributed by atoms with van der Waals surface area (Å²) in [5, 5.41) is 7.06. The van der Waals surface area contributed by atoms with Gasteiger partial charge in [0.25, 0.3) is 11.5 Å². The number of carbonyl (C=O) groups is 2. The molecule has 3 heterocycles. The summed E-state index contributed by atoms with van der Waals surface area (Å²) in [7, 11) is 0. The Morgan fingerprint density at radius 3 is 2.71 bits per heavy atom. The maximum atomic E-state index is 12.8. The highest BCUT2D eigenvalue weighted by Gasteiger charge is 2.17. The van der Waals surface area contributed by atoms with Crippen molar-refractivity contribution in [3.8, 4) is 0 Å². The molecular formula is C21H22N6O3S. The van der Waals surface area contributed by atoms with Gasteiger partial charge < -0.3 is 0 Å². The minimum absolute atomic E-state index is 0.0272. The normalized spacial score (nSPS) is 11.1. The highest BCUT2D eigenvalue weighted by molar-refractivity contribution is 7.15. The molecule has 4 rings (SSSR count). The molecule has 0 aliphatic heterocycles. The van der Waals surface area contributed by atoms with E-state index in [2.05, 4.69) is 27.9 Å². The van der Waals surface area contributed by atoms with Gasteiger partial charge in [-0.05, 0) is 12.5 Å². The lowest BCUT2D eigenvalue weighted by Crippen LogP contribution is -2.43. The molecule has 0 bridgehead atoms. The van der Waals surface area contributed by atoms with E-state index in [0.717, 1.165) is 24.2 Å². The molecule has 0 aliphatic rings. The average Bonchev–Trinajstić information content (AvgIpc) is 3.35. The number of nitrogens with zero attached hydrogens (tertiary/aromatic N) is 4. The molecule has 0 saturated carbocycles. The van der Waals surface area contributed by atoms with Gasteiger partial charge in [0.15, 0.2) is 10.7 Å². The zero-order valence-electron chi connectivity index (χ0n) is 17.0. The highest BCUT2D eigenvalue weighted by Crippen LogP contribution is 2.14. The van der Waals surface area contributed by atoms with Gasteiger partial charge in [-0.25, -0.2) is 9.67 Å². The second kappa shape index (κ2) is 9.09. The first-order chi connectivity index (χ1) is 15.1. The lowest BCUT2D eigenvalue weighted by atomic mass is 10.1. The Morgan fingerprint density at radius 1 is 1.13 bits per heavy atom. The summed E-state index contributed by atoms with van der Waals surface area (Å²) in [5.41, 5.74) is 5.28. The van der Waals surface area contributed by atoms with Crippen molar-refractivity contribution in [2.24, 2.45) is 0 Å². The molecule has 9 nitrogen and oxygen atoms in total. The number of imidazole rings is 1. The van der Waals surface area contributed by atoms with Crippen molar-refractivity contribution in [1.29, 1.82) is 0 Å². The number of amides is 2. The van der Waals surface area contributed by atoms with Crippen molar-refractivity contribution in [3.05, 3.63) is 63.8 Å². The summed E-state index contributed by atoms with van der Waals surface area (Å²) in [6.07, 6.45) is 6.43. The van der Waals surface area contributed by atoms with Crippen LogP contribution in [0.4, 0.5) is 0 Å². The third-order valence-corrected chi connectivity index (χ3v) is 5.63. The number of hydrazine groups is 1. The Balaban J connectivity index is 1.49. The van der Waals surface area contributed by atoms with Crippen LogP contribution in [-0.2, 0) is 17.8 Å². The summed E-state index contributed by atoms with van der Waals surface area (Å²) in [6.45, 7) is 2.51. The van der Waals surface area contributed by atoms with E-state index in [0.29, 0.717) is 23.0 Å². The van der Waals surface area contributed by atoms with Gasteiger partial charge in [-0.15, -0.1) is 11.3 Å². The molecule has 0 saturated heterocycles. The van der Waals surface area contributed by atoms with Crippen molar-refractivity contribution >= 4 is 38.9 Å². The van der Waals surface area contributed by atoms with Crippen LogP contribution in [0.1, 0.15) is 42.4 Å². The van der Waals surface area contributed by atoms with Crippen LogP contribution >= 0.6 is 11.3 Å². The molecule has 10 heteroatoms. The lowest BCUT2D eigenvalue weighted by molar-refractivity contribution is -0.121. The van der Waals surface area contributed by atoms with Gasteiger partial charge in [-0.3, -0.25) is 29.6 Å². The van der Waals surface area contributed by atoms with Crippen LogP contribution in [-0.4, -0.2) is 31.0 Å². The van der Waals surface area contributed by atoms with Crippen LogP contribution in [0.15, 0.2) is 46.8 Å². The third kappa shape index (κ3) is 4.48. The molecule has 0 unspecified atom stereocenters. The standard InChI is InChI=1S/C21H22N6O3S/c1-2-3-6-9-27-20(30)16-8-5-4-7-15(16)18(25-27)19(29)24-23-17(28)12-14-13-26-10-11-31-21(26)22-14/h4-5,7-8,10-11,13H,2-3,6,9,12H2,1H3,(H,23,28)(H,24,29). The zero-order valence-corrected chi connectivity index (χ0v) is 17.8. The topological polar surface area (TPSA) is 110 Å². The fourth-order valence-electron chi connectivity index (χ4n) is 3.32. The van der Waals surface area contributed by atoms with E-state index >= 15 is 0 Å². The predicted octanol–water partition coefficient (Wildman–Crippen LogP) is 2.30. The molecule has 0 radical (unpaired) electrons. The zero-order chi connectivity index (χ0) is 21.8. The molecule has 160 valence electrons. The van der Waals surface area contributed by atoms with Gasteiger partial charge in [-0.2, -0.15) is 5.10 Å². The van der Waals surface area contributed by atoms with E-state index in [4.69, 9.17) is 0 Å². The largest absolute Gasteiger partial charge is 0.297 e. The third-order valence-electron chi connectivity index (χ3n) is 4.86. The summed E-state index contributed by atoms with van der Waals surface area (Å²) in [4.78, 5) is 42.9. The summed E-state index contributed by atoms with van der Waals surface area (Å²) < 4.78 is 3.16. The Bertz CT molecular complexity index is 1280. The van der Waals surface area contributed by atoms with E-state index in [9.17, 15) is 14.4 Å². The molecule has 1 aromatic carbocycles. The fourth-order valence-corrected chi connectivity index (χ4v) is 4.04. The quantitative estimate of drug-likeness (QED) is 0.340. The van der Waals surface area contributed by atoms with Crippen LogP contribution in [0.5, 0.6) is 0 Å². The van der Waals surface area contributed by atoms with Gasteiger partial charge >= 0.3 is 0 Å². The second-order valence-electron chi connectivity index (χ2n) is 7.13. The maximum Gasteiger partial charge on any atom is 0.290 e. The monoisotopic (exact) mass is 438 g/mol. The van der Waals surface area contributed by atoms with Crippen molar-refractivity contribution in [3.63, 3.8) is 0 Å². The van der Waals surface area contributed by atoms with E-state index in [-0.39, 0.29) is 17.7 Å². The van der Waals surface area contributed by atoms with E-state index < -0.39 is 11.8 Å². The number of fused-ring (bicyclic) bond motifs is 2. The smallest absolute Gasteiger partial charge is 0.290 e. The summed E-state index contributed by atoms with van der Waals surface area (Å²) in [6, 6.07) is 6.84. The minimum Gasteiger partial charge on any atom is -0.297 e. The van der Waals surface area contributed by atoms with Crippen LogP contribution in [0.2, 0.25) is 0 Å². The average molecular weight is 439 g/mol. The SMILES string of the molecule is CCCCCn1nc(C(=O)NNC(=O)Cc2cn3ccsc3n2)c2ccccc2c1=O. The number of carbonyl (C=O) groups excluding carboxylic acids is 2. The van der Waals surface area contributed by atoms with Crippen molar-refractivity contribution in [1.82, 2.24) is 30.0 Å². The first kappa shape index (κ1) is 20.7. The van der Waals surface area contributed by atoms with Gasteiger partial charge in [-0.1, -0.05) is 38.0 Å². The van der Waals surface area contributed by atoms with Gasteiger partial charge in [0.1, 0.15) is 0 Å².